The Labute approximate surface area is 164 Å². The van der Waals surface area contributed by atoms with E-state index < -0.39 is 0 Å². The summed E-state index contributed by atoms with van der Waals surface area (Å²) in [6.07, 6.45) is 2.89. The molecule has 0 aliphatic carbocycles. The first-order valence-corrected chi connectivity index (χ1v) is 9.82. The molecular weight excluding hydrogens is 353 g/mol. The minimum atomic E-state index is -0.218. The van der Waals surface area contributed by atoms with E-state index in [9.17, 15) is 4.39 Å². The maximum absolute atomic E-state index is 13.3. The summed E-state index contributed by atoms with van der Waals surface area (Å²) in [5.41, 5.74) is 4.50. The molecule has 0 N–H and O–H groups in total. The van der Waals surface area contributed by atoms with E-state index in [1.165, 1.54) is 23.3 Å². The molecule has 0 radical (unpaired) electrons. The third-order valence-electron chi connectivity index (χ3n) is 5.92. The predicted octanol–water partition coefficient (Wildman–Crippen LogP) is 4.17. The Kier molecular flexibility index (Phi) is 4.29. The molecule has 2 aromatic carbocycles. The van der Waals surface area contributed by atoms with Crippen molar-refractivity contribution in [2.24, 2.45) is 0 Å². The van der Waals surface area contributed by atoms with Gasteiger partial charge in [0, 0.05) is 19.6 Å². The number of aryl methyl sites for hydroxylation is 1. The molecule has 1 aromatic heterocycles. The van der Waals surface area contributed by atoms with Gasteiger partial charge in [0.2, 0.25) is 0 Å². The number of rotatable bonds is 3. The van der Waals surface area contributed by atoms with Crippen molar-refractivity contribution in [1.29, 1.82) is 0 Å². The molecule has 3 aromatic rings. The lowest BCUT2D eigenvalue weighted by Crippen LogP contribution is -2.44. The normalized spacial score (nSPS) is 21.9. The molecule has 2 aliphatic heterocycles. The molecule has 1 fully saturated rings. The molecule has 0 saturated carbocycles. The van der Waals surface area contributed by atoms with Crippen LogP contribution in [-0.4, -0.2) is 33.1 Å². The van der Waals surface area contributed by atoms with Gasteiger partial charge >= 0.3 is 0 Å². The molecule has 0 amide bonds. The lowest BCUT2D eigenvalue weighted by molar-refractivity contribution is -0.0821. The predicted molar refractivity (Wildman–Crippen MR) is 106 cm³/mol. The van der Waals surface area contributed by atoms with Gasteiger partial charge in [0.1, 0.15) is 23.8 Å². The van der Waals surface area contributed by atoms with Gasteiger partial charge in [-0.05, 0) is 48.7 Å². The molecule has 3 heterocycles. The molecule has 1 spiro atoms. The zero-order chi connectivity index (χ0) is 19.1. The highest BCUT2D eigenvalue weighted by Gasteiger charge is 2.43. The molecule has 28 heavy (non-hydrogen) atoms. The number of fused-ring (bicyclic) bond motifs is 1. The van der Waals surface area contributed by atoms with Crippen LogP contribution in [0.5, 0.6) is 0 Å². The topological polar surface area (TPSA) is 30.3 Å². The maximum Gasteiger partial charge on any atom is 0.135 e. The van der Waals surface area contributed by atoms with Gasteiger partial charge in [0.15, 0.2) is 0 Å². The SMILES string of the molecule is Cc1cccc(CN2CC[C@@]3(C2)Cn2c(-c4ccc(F)cc4)cnc2CO3)c1. The van der Waals surface area contributed by atoms with Crippen LogP contribution in [0.3, 0.4) is 0 Å². The number of hydrogen-bond acceptors (Lipinski definition) is 3. The molecular formula is C23H24FN3O. The van der Waals surface area contributed by atoms with E-state index in [1.54, 1.807) is 0 Å². The summed E-state index contributed by atoms with van der Waals surface area (Å²) in [5.74, 6) is 0.728. The summed E-state index contributed by atoms with van der Waals surface area (Å²) in [5, 5.41) is 0. The first-order valence-electron chi connectivity index (χ1n) is 9.82. The Morgan fingerprint density at radius 2 is 2.00 bits per heavy atom. The third kappa shape index (κ3) is 3.25. The van der Waals surface area contributed by atoms with Crippen LogP contribution in [0.4, 0.5) is 4.39 Å². The second kappa shape index (κ2) is 6.83. The van der Waals surface area contributed by atoms with Crippen molar-refractivity contribution in [3.05, 3.63) is 77.5 Å². The third-order valence-corrected chi connectivity index (χ3v) is 5.92. The lowest BCUT2D eigenvalue weighted by atomic mass is 10.0. The first kappa shape index (κ1) is 17.6. The van der Waals surface area contributed by atoms with Crippen molar-refractivity contribution in [2.45, 2.75) is 38.6 Å². The average Bonchev–Trinajstić information content (AvgIpc) is 3.27. The standard InChI is InChI=1S/C23H24FN3O/c1-17-3-2-4-18(11-17)13-26-10-9-23(15-26)16-27-21(12-25-22(27)14-28-23)19-5-7-20(24)8-6-19/h2-8,11-12H,9-10,13-16H2,1H3/t23-/m1/s1. The minimum absolute atomic E-state index is 0.174. The van der Waals surface area contributed by atoms with E-state index in [0.29, 0.717) is 6.61 Å². The largest absolute Gasteiger partial charge is 0.364 e. The van der Waals surface area contributed by atoms with E-state index in [1.807, 2.05) is 18.3 Å². The Bertz CT molecular complexity index is 997. The van der Waals surface area contributed by atoms with E-state index in [2.05, 4.69) is 45.6 Å². The highest BCUT2D eigenvalue weighted by Crippen LogP contribution is 2.35. The van der Waals surface area contributed by atoms with Crippen LogP contribution < -0.4 is 0 Å². The van der Waals surface area contributed by atoms with Gasteiger partial charge in [0.25, 0.3) is 0 Å². The molecule has 0 bridgehead atoms. The number of benzene rings is 2. The van der Waals surface area contributed by atoms with Gasteiger partial charge in [-0.25, -0.2) is 9.37 Å². The summed E-state index contributed by atoms with van der Waals surface area (Å²) in [4.78, 5) is 7.02. The van der Waals surface area contributed by atoms with Crippen LogP contribution in [0, 0.1) is 12.7 Å². The molecule has 1 saturated heterocycles. The first-order chi connectivity index (χ1) is 13.6. The van der Waals surface area contributed by atoms with Crippen molar-refractivity contribution in [2.75, 3.05) is 13.1 Å². The van der Waals surface area contributed by atoms with Gasteiger partial charge in [-0.3, -0.25) is 4.90 Å². The van der Waals surface area contributed by atoms with Gasteiger partial charge in [0.05, 0.1) is 18.4 Å². The number of ether oxygens (including phenoxy) is 1. The van der Waals surface area contributed by atoms with Crippen LogP contribution in [0.15, 0.2) is 54.7 Å². The molecule has 0 unspecified atom stereocenters. The Hall–Kier alpha value is -2.50. The highest BCUT2D eigenvalue weighted by atomic mass is 19.1. The second-order valence-electron chi connectivity index (χ2n) is 8.07. The monoisotopic (exact) mass is 377 g/mol. The quantitative estimate of drug-likeness (QED) is 0.686. The summed E-state index contributed by atoms with van der Waals surface area (Å²) >= 11 is 0. The fourth-order valence-electron chi connectivity index (χ4n) is 4.49. The number of hydrogen-bond donors (Lipinski definition) is 0. The number of imidazole rings is 1. The highest BCUT2D eigenvalue weighted by molar-refractivity contribution is 5.59. The average molecular weight is 377 g/mol. The number of likely N-dealkylation sites (tertiary alicyclic amines) is 1. The number of aromatic nitrogens is 2. The molecule has 4 nitrogen and oxygen atoms in total. The zero-order valence-corrected chi connectivity index (χ0v) is 16.1. The van der Waals surface area contributed by atoms with Crippen molar-refractivity contribution >= 4 is 0 Å². The Morgan fingerprint density at radius 3 is 2.82 bits per heavy atom. The molecule has 2 aliphatic rings. The Balaban J connectivity index is 1.35. The van der Waals surface area contributed by atoms with E-state index in [-0.39, 0.29) is 11.4 Å². The second-order valence-corrected chi connectivity index (χ2v) is 8.07. The summed E-state index contributed by atoms with van der Waals surface area (Å²) in [6, 6.07) is 15.4. The fraction of sp³-hybridized carbons (Fsp3) is 0.348. The Morgan fingerprint density at radius 1 is 1.14 bits per heavy atom. The van der Waals surface area contributed by atoms with Gasteiger partial charge in [-0.15, -0.1) is 0 Å². The number of halogens is 1. The van der Waals surface area contributed by atoms with Crippen LogP contribution >= 0.6 is 0 Å². The van der Waals surface area contributed by atoms with Crippen LogP contribution in [0.2, 0.25) is 0 Å². The fourth-order valence-corrected chi connectivity index (χ4v) is 4.49. The van der Waals surface area contributed by atoms with Crippen LogP contribution in [0.1, 0.15) is 23.4 Å². The van der Waals surface area contributed by atoms with Crippen molar-refractivity contribution in [3.63, 3.8) is 0 Å². The number of nitrogens with zero attached hydrogens (tertiary/aromatic N) is 3. The van der Waals surface area contributed by atoms with Crippen LogP contribution in [-0.2, 0) is 24.4 Å². The van der Waals surface area contributed by atoms with E-state index in [4.69, 9.17) is 4.74 Å². The summed E-state index contributed by atoms with van der Waals surface area (Å²) < 4.78 is 21.9. The van der Waals surface area contributed by atoms with E-state index in [0.717, 1.165) is 49.7 Å². The van der Waals surface area contributed by atoms with Crippen molar-refractivity contribution < 1.29 is 9.13 Å². The van der Waals surface area contributed by atoms with Crippen LogP contribution in [0.25, 0.3) is 11.3 Å². The zero-order valence-electron chi connectivity index (χ0n) is 16.1. The van der Waals surface area contributed by atoms with Gasteiger partial charge in [-0.1, -0.05) is 29.8 Å². The molecule has 1 atom stereocenters. The lowest BCUT2D eigenvalue weighted by Gasteiger charge is -2.35. The van der Waals surface area contributed by atoms with Gasteiger partial charge in [-0.2, -0.15) is 0 Å². The minimum Gasteiger partial charge on any atom is -0.364 e. The maximum atomic E-state index is 13.3. The van der Waals surface area contributed by atoms with E-state index >= 15 is 0 Å². The van der Waals surface area contributed by atoms with Crippen molar-refractivity contribution in [3.8, 4) is 11.3 Å². The molecule has 5 rings (SSSR count). The summed E-state index contributed by atoms with van der Waals surface area (Å²) in [7, 11) is 0. The molecule has 144 valence electrons. The van der Waals surface area contributed by atoms with Gasteiger partial charge < -0.3 is 9.30 Å². The molecule has 5 heteroatoms. The smallest absolute Gasteiger partial charge is 0.135 e. The summed E-state index contributed by atoms with van der Waals surface area (Å²) in [6.45, 7) is 6.36. The van der Waals surface area contributed by atoms with Crippen molar-refractivity contribution in [1.82, 2.24) is 14.5 Å².